The molecule has 0 aliphatic carbocycles. The summed E-state index contributed by atoms with van der Waals surface area (Å²) >= 11 is 5.93. The van der Waals surface area contributed by atoms with Crippen molar-refractivity contribution in [2.75, 3.05) is 7.11 Å². The molecule has 0 saturated heterocycles. The first-order chi connectivity index (χ1) is 13.1. The molecule has 28 heavy (non-hydrogen) atoms. The third kappa shape index (κ3) is 3.65. The summed E-state index contributed by atoms with van der Waals surface area (Å²) in [5, 5.41) is 11.7. The number of halogens is 4. The Morgan fingerprint density at radius 3 is 2.54 bits per heavy atom. The van der Waals surface area contributed by atoms with Gasteiger partial charge < -0.3 is 9.47 Å². The zero-order valence-electron chi connectivity index (χ0n) is 14.5. The van der Waals surface area contributed by atoms with Crippen LogP contribution in [0.2, 0.25) is 5.15 Å². The van der Waals surface area contributed by atoms with Gasteiger partial charge >= 0.3 is 6.18 Å². The Kier molecular flexibility index (Phi) is 5.03. The highest BCUT2D eigenvalue weighted by atomic mass is 35.5. The second kappa shape index (κ2) is 7.16. The van der Waals surface area contributed by atoms with Gasteiger partial charge in [0, 0.05) is 0 Å². The molecule has 1 aromatic heterocycles. The first kappa shape index (κ1) is 19.7. The van der Waals surface area contributed by atoms with Gasteiger partial charge in [0.1, 0.15) is 10.9 Å². The number of fused-ring (bicyclic) bond motifs is 1. The predicted octanol–water partition coefficient (Wildman–Crippen LogP) is 5.92. The molecule has 0 amide bonds. The maximum absolute atomic E-state index is 13.0. The molecule has 0 unspecified atom stereocenters. The van der Waals surface area contributed by atoms with Crippen molar-refractivity contribution in [3.8, 4) is 17.2 Å². The number of pyridine rings is 1. The molecule has 0 aliphatic rings. The van der Waals surface area contributed by atoms with Gasteiger partial charge in [-0.15, -0.1) is 0 Å². The van der Waals surface area contributed by atoms with Crippen LogP contribution < -0.4 is 9.47 Å². The highest BCUT2D eigenvalue weighted by Crippen LogP contribution is 2.45. The molecule has 6 nitrogen and oxygen atoms in total. The van der Waals surface area contributed by atoms with E-state index in [2.05, 4.69) is 4.98 Å². The van der Waals surface area contributed by atoms with Gasteiger partial charge in [0.2, 0.25) is 0 Å². The first-order valence-electron chi connectivity index (χ1n) is 7.79. The van der Waals surface area contributed by atoms with E-state index in [1.807, 2.05) is 0 Å². The van der Waals surface area contributed by atoms with E-state index in [0.29, 0.717) is 5.56 Å². The quantitative estimate of drug-likeness (QED) is 0.302. The van der Waals surface area contributed by atoms with Crippen LogP contribution in [0.3, 0.4) is 0 Å². The van der Waals surface area contributed by atoms with Gasteiger partial charge in [-0.05, 0) is 36.8 Å². The van der Waals surface area contributed by atoms with Crippen LogP contribution in [0.5, 0.6) is 17.2 Å². The second-order valence-corrected chi connectivity index (χ2v) is 6.18. The number of aromatic nitrogens is 1. The SMILES string of the molecule is COc1cc([N+](=O)[O-])c2nc(Cl)cc(C)c2c1Oc1cccc(C(F)(F)F)c1. The number of rotatable bonds is 4. The van der Waals surface area contributed by atoms with E-state index in [-0.39, 0.29) is 39.0 Å². The van der Waals surface area contributed by atoms with Crippen molar-refractivity contribution in [1.29, 1.82) is 0 Å². The van der Waals surface area contributed by atoms with Gasteiger partial charge in [0.25, 0.3) is 5.69 Å². The Labute approximate surface area is 161 Å². The van der Waals surface area contributed by atoms with Gasteiger partial charge in [0.15, 0.2) is 17.0 Å². The fraction of sp³-hybridized carbons (Fsp3) is 0.167. The van der Waals surface area contributed by atoms with Crippen molar-refractivity contribution >= 4 is 28.2 Å². The van der Waals surface area contributed by atoms with Crippen LogP contribution in [0, 0.1) is 17.0 Å². The minimum Gasteiger partial charge on any atom is -0.493 e. The zero-order chi connectivity index (χ0) is 20.6. The summed E-state index contributed by atoms with van der Waals surface area (Å²) < 4.78 is 49.8. The summed E-state index contributed by atoms with van der Waals surface area (Å²) in [5.41, 5.74) is -0.835. The maximum Gasteiger partial charge on any atom is 0.416 e. The predicted molar refractivity (Wildman–Crippen MR) is 96.2 cm³/mol. The molecule has 3 aromatic rings. The molecule has 0 spiro atoms. The van der Waals surface area contributed by atoms with Gasteiger partial charge in [-0.2, -0.15) is 13.2 Å². The topological polar surface area (TPSA) is 74.5 Å². The normalized spacial score (nSPS) is 11.5. The van der Waals surface area contributed by atoms with E-state index >= 15 is 0 Å². The van der Waals surface area contributed by atoms with Crippen molar-refractivity contribution in [2.24, 2.45) is 0 Å². The molecular weight excluding hydrogens is 401 g/mol. The monoisotopic (exact) mass is 412 g/mol. The summed E-state index contributed by atoms with van der Waals surface area (Å²) in [6.45, 7) is 1.62. The Balaban J connectivity index is 2.26. The number of nitro benzene ring substituents is 1. The zero-order valence-corrected chi connectivity index (χ0v) is 15.3. The fourth-order valence-corrected chi connectivity index (χ4v) is 2.98. The van der Waals surface area contributed by atoms with E-state index < -0.39 is 16.7 Å². The average Bonchev–Trinajstić information content (AvgIpc) is 2.60. The highest BCUT2D eigenvalue weighted by Gasteiger charge is 2.31. The summed E-state index contributed by atoms with van der Waals surface area (Å²) in [6, 6.07) is 6.82. The molecule has 146 valence electrons. The molecular formula is C18H12ClF3N2O4. The van der Waals surface area contributed by atoms with E-state index in [0.717, 1.165) is 18.2 Å². The van der Waals surface area contributed by atoms with Crippen molar-refractivity contribution in [3.05, 3.63) is 62.8 Å². The van der Waals surface area contributed by atoms with Crippen LogP contribution in [0.4, 0.5) is 18.9 Å². The van der Waals surface area contributed by atoms with E-state index in [1.165, 1.54) is 25.3 Å². The number of non-ortho nitro benzene ring substituents is 1. The Morgan fingerprint density at radius 1 is 1.21 bits per heavy atom. The third-order valence-corrected chi connectivity index (χ3v) is 4.14. The molecule has 0 atom stereocenters. The van der Waals surface area contributed by atoms with Crippen molar-refractivity contribution in [3.63, 3.8) is 0 Å². The van der Waals surface area contributed by atoms with Gasteiger partial charge in [-0.25, -0.2) is 4.98 Å². The summed E-state index contributed by atoms with van der Waals surface area (Å²) in [6.07, 6.45) is -4.55. The second-order valence-electron chi connectivity index (χ2n) is 5.80. The lowest BCUT2D eigenvalue weighted by Gasteiger charge is -2.16. The smallest absolute Gasteiger partial charge is 0.416 e. The molecule has 0 N–H and O–H groups in total. The van der Waals surface area contributed by atoms with Crippen molar-refractivity contribution in [1.82, 2.24) is 4.98 Å². The number of benzene rings is 2. The molecule has 0 saturated carbocycles. The van der Waals surface area contributed by atoms with E-state index in [9.17, 15) is 23.3 Å². The number of alkyl halides is 3. The number of ether oxygens (including phenoxy) is 2. The highest BCUT2D eigenvalue weighted by molar-refractivity contribution is 6.30. The Morgan fingerprint density at radius 2 is 1.93 bits per heavy atom. The average molecular weight is 413 g/mol. The van der Waals surface area contributed by atoms with E-state index in [1.54, 1.807) is 6.92 Å². The molecule has 0 aliphatic heterocycles. The third-order valence-electron chi connectivity index (χ3n) is 3.94. The standard InChI is InChI=1S/C18H12ClF3N2O4/c1-9-6-14(19)23-16-12(24(25)26)8-13(27-2)17(15(9)16)28-11-5-3-4-10(7-11)18(20,21)22/h3-8H,1-2H3. The lowest BCUT2D eigenvalue weighted by Crippen LogP contribution is -2.05. The van der Waals surface area contributed by atoms with Crippen molar-refractivity contribution in [2.45, 2.75) is 13.1 Å². The lowest BCUT2D eigenvalue weighted by atomic mass is 10.1. The number of nitro groups is 1. The summed E-state index contributed by atoms with van der Waals surface area (Å²) in [4.78, 5) is 14.8. The van der Waals surface area contributed by atoms with Gasteiger partial charge in [-0.1, -0.05) is 17.7 Å². The Hall–Kier alpha value is -3.07. The number of hydrogen-bond donors (Lipinski definition) is 0. The molecule has 0 radical (unpaired) electrons. The molecule has 2 aromatic carbocycles. The molecule has 10 heteroatoms. The minimum atomic E-state index is -4.55. The first-order valence-corrected chi connectivity index (χ1v) is 8.17. The number of methoxy groups -OCH3 is 1. The molecule has 0 bridgehead atoms. The van der Waals surface area contributed by atoms with Crippen molar-refractivity contribution < 1.29 is 27.6 Å². The molecule has 1 heterocycles. The van der Waals surface area contributed by atoms with Crippen LogP contribution in [-0.2, 0) is 6.18 Å². The molecule has 3 rings (SSSR count). The molecule has 0 fully saturated rings. The van der Waals surface area contributed by atoms with Crippen LogP contribution in [0.25, 0.3) is 10.9 Å². The minimum absolute atomic E-state index is 0.00379. The number of aryl methyl sites for hydroxylation is 1. The van der Waals surface area contributed by atoms with Gasteiger partial charge in [-0.3, -0.25) is 10.1 Å². The Bertz CT molecular complexity index is 1090. The fourth-order valence-electron chi connectivity index (χ4n) is 2.73. The number of hydrogen-bond acceptors (Lipinski definition) is 5. The maximum atomic E-state index is 13.0. The van der Waals surface area contributed by atoms with Crippen LogP contribution in [0.15, 0.2) is 36.4 Å². The lowest BCUT2D eigenvalue weighted by molar-refractivity contribution is -0.383. The van der Waals surface area contributed by atoms with Crippen LogP contribution >= 0.6 is 11.6 Å². The largest absolute Gasteiger partial charge is 0.493 e. The summed E-state index contributed by atoms with van der Waals surface area (Å²) in [7, 11) is 1.27. The summed E-state index contributed by atoms with van der Waals surface area (Å²) in [5.74, 6) is -0.134. The van der Waals surface area contributed by atoms with Gasteiger partial charge in [0.05, 0.1) is 29.0 Å². The number of nitrogens with zero attached hydrogens (tertiary/aromatic N) is 2. The van der Waals surface area contributed by atoms with Crippen LogP contribution in [-0.4, -0.2) is 17.0 Å². The van der Waals surface area contributed by atoms with Crippen LogP contribution in [0.1, 0.15) is 11.1 Å². The van der Waals surface area contributed by atoms with E-state index in [4.69, 9.17) is 21.1 Å².